The van der Waals surface area contributed by atoms with Gasteiger partial charge in [0.05, 0.1) is 27.4 Å². The number of H-pyrrole nitrogens is 1. The van der Waals surface area contributed by atoms with Crippen LogP contribution in [0.25, 0.3) is 38.3 Å². The molecule has 0 aliphatic rings. The number of nitrogens with zero attached hydrogens (tertiary/aromatic N) is 2. The molecule has 0 saturated carbocycles. The first-order valence-electron chi connectivity index (χ1n) is 10.6. The second-order valence-corrected chi connectivity index (χ2v) is 8.59. The van der Waals surface area contributed by atoms with Crippen molar-refractivity contribution in [1.82, 2.24) is 15.2 Å². The summed E-state index contributed by atoms with van der Waals surface area (Å²) in [6.07, 6.45) is 5.43. The number of carbonyl (C=O) groups is 1. The van der Waals surface area contributed by atoms with E-state index in [1.54, 1.807) is 17.4 Å². The predicted octanol–water partition coefficient (Wildman–Crippen LogP) is 6.64. The van der Waals surface area contributed by atoms with Crippen LogP contribution in [0.4, 0.5) is 0 Å². The Morgan fingerprint density at radius 3 is 2.61 bits per heavy atom. The number of aromatic nitrogens is 3. The van der Waals surface area contributed by atoms with Crippen molar-refractivity contribution < 1.29 is 9.90 Å². The number of nitrogens with one attached hydrogen (secondary N) is 1. The van der Waals surface area contributed by atoms with E-state index in [4.69, 9.17) is 5.11 Å². The van der Waals surface area contributed by atoms with E-state index in [0.29, 0.717) is 0 Å². The van der Waals surface area contributed by atoms with E-state index in [0.717, 1.165) is 56.7 Å². The maximum Gasteiger partial charge on any atom is 0.328 e. The lowest BCUT2D eigenvalue weighted by molar-refractivity contribution is -0.131. The van der Waals surface area contributed by atoms with Gasteiger partial charge in [-0.3, -0.25) is 5.10 Å². The monoisotopic (exact) mass is 451 g/mol. The fourth-order valence-electron chi connectivity index (χ4n) is 4.11. The summed E-state index contributed by atoms with van der Waals surface area (Å²) in [7, 11) is 0. The van der Waals surface area contributed by atoms with Crippen LogP contribution in [0.2, 0.25) is 0 Å². The van der Waals surface area contributed by atoms with Crippen molar-refractivity contribution in [3.63, 3.8) is 0 Å². The van der Waals surface area contributed by atoms with Crippen molar-refractivity contribution >= 4 is 55.6 Å². The minimum absolute atomic E-state index is 0.840. The van der Waals surface area contributed by atoms with E-state index in [-0.39, 0.29) is 0 Å². The molecule has 162 valence electrons. The molecular weight excluding hydrogens is 430 g/mol. The number of benzene rings is 3. The third kappa shape index (κ3) is 4.21. The highest BCUT2D eigenvalue weighted by molar-refractivity contribution is 7.16. The Morgan fingerprint density at radius 2 is 1.82 bits per heavy atom. The van der Waals surface area contributed by atoms with Crippen molar-refractivity contribution in [2.24, 2.45) is 0 Å². The van der Waals surface area contributed by atoms with Crippen LogP contribution in [-0.2, 0) is 4.79 Å². The van der Waals surface area contributed by atoms with Crippen LogP contribution in [0.3, 0.4) is 0 Å². The number of allylic oxidation sites excluding steroid dienone is 1. The van der Waals surface area contributed by atoms with Crippen LogP contribution in [-0.4, -0.2) is 26.3 Å². The zero-order valence-electron chi connectivity index (χ0n) is 17.9. The molecule has 0 atom stereocenters. The summed E-state index contributed by atoms with van der Waals surface area (Å²) in [4.78, 5) is 15.4. The molecule has 2 heterocycles. The number of fused-ring (bicyclic) bond motifs is 2. The van der Waals surface area contributed by atoms with Crippen molar-refractivity contribution in [2.75, 3.05) is 0 Å². The first-order valence-corrected chi connectivity index (χ1v) is 11.5. The third-order valence-electron chi connectivity index (χ3n) is 5.68. The lowest BCUT2D eigenvalue weighted by Crippen LogP contribution is -1.95. The van der Waals surface area contributed by atoms with Gasteiger partial charge in [0.1, 0.15) is 0 Å². The molecule has 0 spiro atoms. The molecule has 0 unspecified atom stereocenters. The van der Waals surface area contributed by atoms with Gasteiger partial charge >= 0.3 is 5.97 Å². The smallest absolute Gasteiger partial charge is 0.328 e. The largest absolute Gasteiger partial charge is 0.478 e. The highest BCUT2D eigenvalue weighted by Crippen LogP contribution is 2.36. The van der Waals surface area contributed by atoms with Crippen LogP contribution in [0.1, 0.15) is 35.6 Å². The number of carboxylic acid groups (broad SMARTS) is 1. The van der Waals surface area contributed by atoms with Crippen LogP contribution in [0.15, 0.2) is 78.4 Å². The standard InChI is InChI=1S/C27H21N3O2S/c1-2-22(19-9-11-25-24(14-19)28-16-33-25)27(20-8-10-23-21(13-20)15-29-30-23)18-6-3-17(4-7-18)5-12-26(31)32/h3-16H,2H2,1H3,(H,29,30)(H,31,32)/b12-5+,27-22+. The minimum atomic E-state index is -0.959. The molecule has 0 bridgehead atoms. The Morgan fingerprint density at radius 1 is 1.03 bits per heavy atom. The highest BCUT2D eigenvalue weighted by atomic mass is 32.1. The summed E-state index contributed by atoms with van der Waals surface area (Å²) in [5, 5.41) is 17.2. The number of hydrogen-bond donors (Lipinski definition) is 2. The number of aliphatic carboxylic acids is 1. The first-order chi connectivity index (χ1) is 16.1. The maximum atomic E-state index is 10.9. The van der Waals surface area contributed by atoms with Crippen LogP contribution in [0, 0.1) is 0 Å². The van der Waals surface area contributed by atoms with E-state index < -0.39 is 5.97 Å². The van der Waals surface area contributed by atoms with Gasteiger partial charge < -0.3 is 5.11 Å². The number of thiazole rings is 1. The van der Waals surface area contributed by atoms with Crippen LogP contribution < -0.4 is 0 Å². The summed E-state index contributed by atoms with van der Waals surface area (Å²) < 4.78 is 1.17. The molecule has 2 N–H and O–H groups in total. The topological polar surface area (TPSA) is 78.9 Å². The van der Waals surface area contributed by atoms with Crippen molar-refractivity contribution in [3.8, 4) is 0 Å². The van der Waals surface area contributed by atoms with Gasteiger partial charge in [-0.2, -0.15) is 5.10 Å². The Kier molecular flexibility index (Phi) is 5.59. The number of aromatic amines is 1. The zero-order chi connectivity index (χ0) is 22.8. The number of rotatable bonds is 6. The molecule has 0 saturated heterocycles. The van der Waals surface area contributed by atoms with Gasteiger partial charge in [-0.1, -0.05) is 43.3 Å². The Hall–Kier alpha value is -4.03. The minimum Gasteiger partial charge on any atom is -0.478 e. The molecule has 33 heavy (non-hydrogen) atoms. The van der Waals surface area contributed by atoms with Gasteiger partial charge in [-0.05, 0) is 70.2 Å². The summed E-state index contributed by atoms with van der Waals surface area (Å²) in [5.74, 6) is -0.959. The van der Waals surface area contributed by atoms with Gasteiger partial charge in [0.15, 0.2) is 0 Å². The predicted molar refractivity (Wildman–Crippen MR) is 135 cm³/mol. The molecule has 5 aromatic rings. The molecule has 5 rings (SSSR count). The summed E-state index contributed by atoms with van der Waals surface area (Å²) in [5.41, 5.74) is 10.4. The second kappa shape index (κ2) is 8.84. The molecule has 0 aliphatic carbocycles. The molecule has 0 radical (unpaired) electrons. The van der Waals surface area contributed by atoms with Gasteiger partial charge in [0, 0.05) is 11.5 Å². The normalized spacial score (nSPS) is 12.5. The van der Waals surface area contributed by atoms with Gasteiger partial charge in [-0.25, -0.2) is 9.78 Å². The molecule has 6 heteroatoms. The highest BCUT2D eigenvalue weighted by Gasteiger charge is 2.15. The lowest BCUT2D eigenvalue weighted by Gasteiger charge is -2.17. The van der Waals surface area contributed by atoms with E-state index in [2.05, 4.69) is 58.5 Å². The molecular formula is C27H21N3O2S. The van der Waals surface area contributed by atoms with Crippen LogP contribution >= 0.6 is 11.3 Å². The number of carboxylic acids is 1. The average Bonchev–Trinajstić information content (AvgIpc) is 3.50. The van der Waals surface area contributed by atoms with Crippen LogP contribution in [0.5, 0.6) is 0 Å². The van der Waals surface area contributed by atoms with Crippen molar-refractivity contribution in [1.29, 1.82) is 0 Å². The van der Waals surface area contributed by atoms with Gasteiger partial charge in [0.25, 0.3) is 0 Å². The van der Waals surface area contributed by atoms with Gasteiger partial charge in [0.2, 0.25) is 0 Å². The van der Waals surface area contributed by atoms with Crippen molar-refractivity contribution in [3.05, 3.63) is 101 Å². The molecule has 2 aromatic heterocycles. The van der Waals surface area contributed by atoms with E-state index in [1.807, 2.05) is 36.0 Å². The van der Waals surface area contributed by atoms with E-state index >= 15 is 0 Å². The first kappa shape index (κ1) is 20.8. The summed E-state index contributed by atoms with van der Waals surface area (Å²) in [6, 6.07) is 20.8. The summed E-state index contributed by atoms with van der Waals surface area (Å²) >= 11 is 1.64. The maximum absolute atomic E-state index is 10.9. The SMILES string of the molecule is CC/C(=C(/c1ccc(/C=C/C(=O)O)cc1)c1ccc2[nH]ncc2c1)c1ccc2scnc2c1. The average molecular weight is 452 g/mol. The molecule has 3 aromatic carbocycles. The molecule has 5 nitrogen and oxygen atoms in total. The molecule has 0 fully saturated rings. The van der Waals surface area contributed by atoms with Gasteiger partial charge in [-0.15, -0.1) is 11.3 Å². The zero-order valence-corrected chi connectivity index (χ0v) is 18.8. The Labute approximate surface area is 194 Å². The quantitative estimate of drug-likeness (QED) is 0.224. The lowest BCUT2D eigenvalue weighted by atomic mass is 9.87. The second-order valence-electron chi connectivity index (χ2n) is 7.71. The third-order valence-corrected chi connectivity index (χ3v) is 6.49. The summed E-state index contributed by atoms with van der Waals surface area (Å²) in [6.45, 7) is 2.17. The fourth-order valence-corrected chi connectivity index (χ4v) is 4.77. The van der Waals surface area contributed by atoms with E-state index in [1.165, 1.54) is 10.3 Å². The van der Waals surface area contributed by atoms with E-state index in [9.17, 15) is 4.79 Å². The number of hydrogen-bond acceptors (Lipinski definition) is 4. The Bertz CT molecular complexity index is 1520. The molecule has 0 amide bonds. The fraction of sp³-hybridized carbons (Fsp3) is 0.0741. The Balaban J connectivity index is 1.71. The van der Waals surface area contributed by atoms with Crippen molar-refractivity contribution in [2.45, 2.75) is 13.3 Å². The molecule has 0 aliphatic heterocycles.